The standard InChI is InChI=1S/C25H36/c1-4-19-9-11-22-21-10-8-20-16-18(17-6-5-7-17)12-14-25(20,3)23(21)13-15-24(19,22)2/h4-7,18-23H,1,8-16H2,2-3H3/t18-,19-,20?,21?,22?,23?,24+,25-/m0/s1. The Morgan fingerprint density at radius 3 is 2.44 bits per heavy atom. The molecule has 0 aromatic carbocycles. The molecule has 4 fully saturated rings. The van der Waals surface area contributed by atoms with Crippen LogP contribution in [-0.2, 0) is 0 Å². The largest absolute Gasteiger partial charge is 0.103 e. The molecule has 0 aromatic heterocycles. The highest BCUT2D eigenvalue weighted by atomic mass is 14.6. The highest BCUT2D eigenvalue weighted by molar-refractivity contribution is 5.37. The first kappa shape index (κ1) is 16.4. The third-order valence-corrected chi connectivity index (χ3v) is 10.1. The number of allylic oxidation sites excluding steroid dienone is 5. The van der Waals surface area contributed by atoms with Gasteiger partial charge < -0.3 is 0 Å². The fourth-order valence-corrected chi connectivity index (χ4v) is 8.47. The lowest BCUT2D eigenvalue weighted by Crippen LogP contribution is -2.53. The molecular weight excluding hydrogens is 300 g/mol. The van der Waals surface area contributed by atoms with Crippen LogP contribution in [0.2, 0.25) is 0 Å². The summed E-state index contributed by atoms with van der Waals surface area (Å²) in [6.07, 6.45) is 22.6. The highest BCUT2D eigenvalue weighted by Gasteiger charge is 2.59. The van der Waals surface area contributed by atoms with Gasteiger partial charge in [0.25, 0.3) is 0 Å². The summed E-state index contributed by atoms with van der Waals surface area (Å²) >= 11 is 0. The van der Waals surface area contributed by atoms with E-state index in [1.807, 2.05) is 0 Å². The van der Waals surface area contributed by atoms with Crippen molar-refractivity contribution in [3.05, 3.63) is 36.5 Å². The summed E-state index contributed by atoms with van der Waals surface area (Å²) in [6, 6.07) is 0. The van der Waals surface area contributed by atoms with E-state index < -0.39 is 0 Å². The Bertz CT molecular complexity index is 624. The lowest BCUT2D eigenvalue weighted by molar-refractivity contribution is -0.113. The van der Waals surface area contributed by atoms with Gasteiger partial charge in [-0.3, -0.25) is 0 Å². The number of rotatable bonds is 2. The first-order valence-electron chi connectivity index (χ1n) is 11.1. The molecule has 0 heteroatoms. The number of hydrogen-bond acceptors (Lipinski definition) is 0. The summed E-state index contributed by atoms with van der Waals surface area (Å²) in [5.74, 6) is 5.68. The molecule has 5 rings (SSSR count). The minimum atomic E-state index is 0.574. The first-order chi connectivity index (χ1) is 12.1. The molecule has 4 saturated carbocycles. The Kier molecular flexibility index (Phi) is 3.68. The van der Waals surface area contributed by atoms with Crippen LogP contribution in [0.5, 0.6) is 0 Å². The van der Waals surface area contributed by atoms with Gasteiger partial charge in [-0.1, -0.05) is 38.2 Å². The topological polar surface area (TPSA) is 0 Å². The predicted octanol–water partition coefficient (Wildman–Crippen LogP) is 6.94. The molecule has 0 bridgehead atoms. The molecule has 0 heterocycles. The summed E-state index contributed by atoms with van der Waals surface area (Å²) in [5, 5.41) is 0. The maximum Gasteiger partial charge on any atom is -0.0159 e. The van der Waals surface area contributed by atoms with Crippen LogP contribution in [0.3, 0.4) is 0 Å². The van der Waals surface area contributed by atoms with Crippen molar-refractivity contribution in [1.29, 1.82) is 0 Å². The zero-order valence-corrected chi connectivity index (χ0v) is 16.3. The third kappa shape index (κ3) is 2.18. The molecule has 0 spiro atoms. The average molecular weight is 337 g/mol. The Morgan fingerprint density at radius 2 is 1.72 bits per heavy atom. The lowest BCUT2D eigenvalue weighted by atomic mass is 9.44. The summed E-state index contributed by atoms with van der Waals surface area (Å²) < 4.78 is 0. The van der Waals surface area contributed by atoms with E-state index in [0.717, 1.165) is 35.5 Å². The summed E-state index contributed by atoms with van der Waals surface area (Å²) in [6.45, 7) is 9.52. The summed E-state index contributed by atoms with van der Waals surface area (Å²) in [5.41, 5.74) is 2.87. The van der Waals surface area contributed by atoms with Crippen molar-refractivity contribution in [2.75, 3.05) is 0 Å². The van der Waals surface area contributed by atoms with Gasteiger partial charge in [0.15, 0.2) is 0 Å². The molecule has 0 N–H and O–H groups in total. The van der Waals surface area contributed by atoms with Gasteiger partial charge in [0.1, 0.15) is 0 Å². The second kappa shape index (κ2) is 5.61. The Hall–Kier alpha value is -0.780. The monoisotopic (exact) mass is 336 g/mol. The van der Waals surface area contributed by atoms with E-state index in [4.69, 9.17) is 0 Å². The SMILES string of the molecule is C=C[C@H]1CCC2C3CCC4C[C@@H](C5=CC=C5)CC[C@]4(C)C3CC[C@@]21C. The summed E-state index contributed by atoms with van der Waals surface area (Å²) in [4.78, 5) is 0. The Morgan fingerprint density at radius 1 is 0.960 bits per heavy atom. The molecule has 0 saturated heterocycles. The van der Waals surface area contributed by atoms with Crippen LogP contribution in [0.25, 0.3) is 0 Å². The Balaban J connectivity index is 1.38. The molecular formula is C25H36. The fourth-order valence-electron chi connectivity index (χ4n) is 8.47. The van der Waals surface area contributed by atoms with E-state index in [1.165, 1.54) is 57.8 Å². The maximum absolute atomic E-state index is 4.19. The van der Waals surface area contributed by atoms with Crippen molar-refractivity contribution in [3.8, 4) is 0 Å². The van der Waals surface area contributed by atoms with Crippen LogP contribution in [0.1, 0.15) is 71.6 Å². The molecule has 25 heavy (non-hydrogen) atoms. The molecule has 136 valence electrons. The number of fused-ring (bicyclic) bond motifs is 5. The van der Waals surface area contributed by atoms with Crippen molar-refractivity contribution in [3.63, 3.8) is 0 Å². The van der Waals surface area contributed by atoms with Crippen LogP contribution in [0, 0.1) is 46.3 Å². The fraction of sp³-hybridized carbons (Fsp3) is 0.760. The zero-order valence-electron chi connectivity index (χ0n) is 16.3. The molecule has 8 atom stereocenters. The van der Waals surface area contributed by atoms with Crippen molar-refractivity contribution < 1.29 is 0 Å². The van der Waals surface area contributed by atoms with Crippen molar-refractivity contribution in [1.82, 2.24) is 0 Å². The first-order valence-corrected chi connectivity index (χ1v) is 11.1. The van der Waals surface area contributed by atoms with Crippen molar-refractivity contribution in [2.24, 2.45) is 46.3 Å². The summed E-state index contributed by atoms with van der Waals surface area (Å²) in [7, 11) is 0. The van der Waals surface area contributed by atoms with Gasteiger partial charge in [0.05, 0.1) is 0 Å². The van der Waals surface area contributed by atoms with Crippen LogP contribution >= 0.6 is 0 Å². The maximum atomic E-state index is 4.19. The Labute approximate surface area is 154 Å². The smallest absolute Gasteiger partial charge is 0.0159 e. The second-order valence-corrected chi connectivity index (χ2v) is 10.6. The predicted molar refractivity (Wildman–Crippen MR) is 106 cm³/mol. The minimum absolute atomic E-state index is 0.574. The van der Waals surface area contributed by atoms with Gasteiger partial charge in [-0.15, -0.1) is 6.58 Å². The highest BCUT2D eigenvalue weighted by Crippen LogP contribution is 2.68. The van der Waals surface area contributed by atoms with Gasteiger partial charge >= 0.3 is 0 Å². The lowest BCUT2D eigenvalue weighted by Gasteiger charge is -2.61. The zero-order chi connectivity index (χ0) is 17.2. The van der Waals surface area contributed by atoms with Gasteiger partial charge in [-0.2, -0.15) is 0 Å². The van der Waals surface area contributed by atoms with E-state index in [2.05, 4.69) is 44.7 Å². The molecule has 0 aliphatic heterocycles. The molecule has 0 nitrogen and oxygen atoms in total. The quantitative estimate of drug-likeness (QED) is 0.479. The second-order valence-electron chi connectivity index (χ2n) is 10.6. The van der Waals surface area contributed by atoms with Crippen LogP contribution in [-0.4, -0.2) is 0 Å². The normalized spacial score (nSPS) is 53.9. The van der Waals surface area contributed by atoms with Crippen LogP contribution in [0.4, 0.5) is 0 Å². The molecule has 0 aromatic rings. The molecule has 0 amide bonds. The van der Waals surface area contributed by atoms with Crippen LogP contribution < -0.4 is 0 Å². The van der Waals surface area contributed by atoms with E-state index in [9.17, 15) is 0 Å². The van der Waals surface area contributed by atoms with Gasteiger partial charge in [-0.25, -0.2) is 0 Å². The molecule has 5 aliphatic carbocycles. The van der Waals surface area contributed by atoms with Gasteiger partial charge in [-0.05, 0) is 110 Å². The molecule has 5 aliphatic rings. The van der Waals surface area contributed by atoms with Crippen LogP contribution in [0.15, 0.2) is 36.5 Å². The molecule has 0 radical (unpaired) electrons. The van der Waals surface area contributed by atoms with E-state index in [0.29, 0.717) is 10.8 Å². The minimum Gasteiger partial charge on any atom is -0.103 e. The van der Waals surface area contributed by atoms with E-state index >= 15 is 0 Å². The van der Waals surface area contributed by atoms with Crippen molar-refractivity contribution >= 4 is 0 Å². The van der Waals surface area contributed by atoms with Gasteiger partial charge in [0.2, 0.25) is 0 Å². The molecule has 4 unspecified atom stereocenters. The average Bonchev–Trinajstić information content (AvgIpc) is 2.90. The number of hydrogen-bond donors (Lipinski definition) is 0. The third-order valence-electron chi connectivity index (χ3n) is 10.1. The van der Waals surface area contributed by atoms with Gasteiger partial charge in [0, 0.05) is 0 Å². The van der Waals surface area contributed by atoms with Crippen molar-refractivity contribution in [2.45, 2.75) is 71.6 Å². The van der Waals surface area contributed by atoms with E-state index in [-0.39, 0.29) is 0 Å². The van der Waals surface area contributed by atoms with E-state index in [1.54, 1.807) is 5.57 Å².